The normalized spacial score (nSPS) is 9.88. The van der Waals surface area contributed by atoms with E-state index in [0.29, 0.717) is 5.56 Å². The molecule has 2 aromatic rings. The van der Waals surface area contributed by atoms with Crippen LogP contribution in [0.15, 0.2) is 48.8 Å². The highest BCUT2D eigenvalue weighted by molar-refractivity contribution is 6.11. The second-order valence-electron chi connectivity index (χ2n) is 3.34. The van der Waals surface area contributed by atoms with Gasteiger partial charge in [-0.2, -0.15) is 0 Å². The van der Waals surface area contributed by atoms with Crippen LogP contribution in [-0.4, -0.2) is 15.7 Å². The third-order valence-electron chi connectivity index (χ3n) is 2.29. The molecule has 0 saturated heterocycles. The van der Waals surface area contributed by atoms with Gasteiger partial charge < -0.3 is 0 Å². The van der Waals surface area contributed by atoms with Gasteiger partial charge in [0.15, 0.2) is 5.78 Å². The van der Waals surface area contributed by atoms with Crippen LogP contribution in [0, 0.1) is 10.1 Å². The molecule has 0 fully saturated rings. The van der Waals surface area contributed by atoms with Crippen LogP contribution in [0.5, 0.6) is 0 Å². The van der Waals surface area contributed by atoms with E-state index in [4.69, 9.17) is 0 Å². The van der Waals surface area contributed by atoms with Crippen molar-refractivity contribution >= 4 is 11.5 Å². The summed E-state index contributed by atoms with van der Waals surface area (Å²) in [6.45, 7) is 0. The summed E-state index contributed by atoms with van der Waals surface area (Å²) in [5.74, 6) is -0.375. The minimum absolute atomic E-state index is 0.0868. The molecule has 5 nitrogen and oxygen atoms in total. The zero-order valence-electron chi connectivity index (χ0n) is 8.74. The predicted molar refractivity (Wildman–Crippen MR) is 60.8 cm³/mol. The molecular weight excluding hydrogens is 220 g/mol. The van der Waals surface area contributed by atoms with Gasteiger partial charge in [0.2, 0.25) is 0 Å². The number of carbonyl (C=O) groups excluding carboxylic acids is 1. The number of para-hydroxylation sites is 1. The Labute approximate surface area is 96.9 Å². The standard InChI is InChI=1S/C12H8N2O3/c15-12(9-5-7-13-8-6-9)10-3-1-2-4-11(10)14(16)17/h1-8H. The van der Waals surface area contributed by atoms with Crippen molar-refractivity contribution in [3.63, 3.8) is 0 Å². The maximum Gasteiger partial charge on any atom is 0.280 e. The molecule has 17 heavy (non-hydrogen) atoms. The zero-order valence-corrected chi connectivity index (χ0v) is 8.74. The van der Waals surface area contributed by atoms with E-state index in [9.17, 15) is 14.9 Å². The van der Waals surface area contributed by atoms with E-state index in [1.165, 1.54) is 42.7 Å². The summed E-state index contributed by atoms with van der Waals surface area (Å²) in [7, 11) is 0. The molecule has 0 bridgehead atoms. The Morgan fingerprint density at radius 3 is 2.41 bits per heavy atom. The molecular formula is C12H8N2O3. The molecule has 1 aromatic heterocycles. The molecule has 0 spiro atoms. The topological polar surface area (TPSA) is 73.1 Å². The molecule has 0 atom stereocenters. The van der Waals surface area contributed by atoms with Gasteiger partial charge in [-0.1, -0.05) is 12.1 Å². The number of nitro groups is 1. The summed E-state index contributed by atoms with van der Waals surface area (Å²) in [5.41, 5.74) is 0.285. The van der Waals surface area contributed by atoms with Crippen LogP contribution < -0.4 is 0 Å². The van der Waals surface area contributed by atoms with Crippen LogP contribution in [0.2, 0.25) is 0 Å². The van der Waals surface area contributed by atoms with E-state index in [-0.39, 0.29) is 17.0 Å². The van der Waals surface area contributed by atoms with Crippen molar-refractivity contribution < 1.29 is 9.72 Å². The molecule has 1 heterocycles. The first-order valence-electron chi connectivity index (χ1n) is 4.88. The minimum Gasteiger partial charge on any atom is -0.288 e. The third kappa shape index (κ3) is 2.17. The molecule has 2 rings (SSSR count). The lowest BCUT2D eigenvalue weighted by Crippen LogP contribution is -2.05. The van der Waals surface area contributed by atoms with E-state index in [2.05, 4.69) is 4.98 Å². The van der Waals surface area contributed by atoms with E-state index < -0.39 is 4.92 Å². The molecule has 0 radical (unpaired) electrons. The first-order valence-corrected chi connectivity index (χ1v) is 4.88. The van der Waals surface area contributed by atoms with Crippen molar-refractivity contribution in [1.29, 1.82) is 0 Å². The van der Waals surface area contributed by atoms with Gasteiger partial charge in [0.1, 0.15) is 5.56 Å². The van der Waals surface area contributed by atoms with Crippen molar-refractivity contribution in [2.45, 2.75) is 0 Å². The fourth-order valence-corrected chi connectivity index (χ4v) is 1.48. The SMILES string of the molecule is O=C(c1ccncc1)c1ccccc1[N+](=O)[O-]. The lowest BCUT2D eigenvalue weighted by molar-refractivity contribution is -0.385. The van der Waals surface area contributed by atoms with Crippen LogP contribution in [-0.2, 0) is 0 Å². The number of nitrogens with zero attached hydrogens (tertiary/aromatic N) is 2. The largest absolute Gasteiger partial charge is 0.288 e. The maximum atomic E-state index is 12.0. The molecule has 0 N–H and O–H groups in total. The van der Waals surface area contributed by atoms with Gasteiger partial charge in [0.05, 0.1) is 4.92 Å². The summed E-state index contributed by atoms with van der Waals surface area (Å²) in [6.07, 6.45) is 2.95. The Hall–Kier alpha value is -2.56. The third-order valence-corrected chi connectivity index (χ3v) is 2.29. The number of rotatable bonds is 3. The van der Waals surface area contributed by atoms with Crippen molar-refractivity contribution in [2.75, 3.05) is 0 Å². The number of aromatic nitrogens is 1. The van der Waals surface area contributed by atoms with Crippen LogP contribution in [0.1, 0.15) is 15.9 Å². The van der Waals surface area contributed by atoms with Gasteiger partial charge in [-0.3, -0.25) is 19.9 Å². The van der Waals surface area contributed by atoms with Crippen molar-refractivity contribution in [3.8, 4) is 0 Å². The average Bonchev–Trinajstić information content (AvgIpc) is 2.39. The lowest BCUT2D eigenvalue weighted by Gasteiger charge is -2.01. The van der Waals surface area contributed by atoms with Crippen LogP contribution in [0.4, 0.5) is 5.69 Å². The summed E-state index contributed by atoms with van der Waals surface area (Å²) in [6, 6.07) is 8.94. The number of pyridine rings is 1. The van der Waals surface area contributed by atoms with Gasteiger partial charge in [0, 0.05) is 24.0 Å². The number of hydrogen-bond acceptors (Lipinski definition) is 4. The summed E-state index contributed by atoms with van der Waals surface area (Å²) in [5, 5.41) is 10.8. The van der Waals surface area contributed by atoms with Crippen molar-refractivity contribution in [3.05, 3.63) is 70.0 Å². The van der Waals surface area contributed by atoms with Gasteiger partial charge >= 0.3 is 0 Å². The summed E-state index contributed by atoms with van der Waals surface area (Å²) >= 11 is 0. The molecule has 0 unspecified atom stereocenters. The number of benzene rings is 1. The average molecular weight is 228 g/mol. The Morgan fingerprint density at radius 2 is 1.76 bits per heavy atom. The molecule has 84 valence electrons. The van der Waals surface area contributed by atoms with Gasteiger partial charge in [0.25, 0.3) is 5.69 Å². The van der Waals surface area contributed by atoms with E-state index >= 15 is 0 Å². The Bertz CT molecular complexity index is 567. The maximum absolute atomic E-state index is 12.0. The van der Waals surface area contributed by atoms with E-state index in [0.717, 1.165) is 0 Å². The number of nitro benzene ring substituents is 1. The molecule has 5 heteroatoms. The van der Waals surface area contributed by atoms with Gasteiger partial charge in [-0.05, 0) is 18.2 Å². The predicted octanol–water partition coefficient (Wildman–Crippen LogP) is 2.22. The van der Waals surface area contributed by atoms with Crippen molar-refractivity contribution in [1.82, 2.24) is 4.98 Å². The highest BCUT2D eigenvalue weighted by Crippen LogP contribution is 2.20. The molecule has 1 aromatic carbocycles. The van der Waals surface area contributed by atoms with Crippen molar-refractivity contribution in [2.24, 2.45) is 0 Å². The van der Waals surface area contributed by atoms with Crippen LogP contribution in [0.25, 0.3) is 0 Å². The highest BCUT2D eigenvalue weighted by Gasteiger charge is 2.19. The second kappa shape index (κ2) is 4.52. The Kier molecular flexibility index (Phi) is 2.91. The first-order chi connectivity index (χ1) is 8.20. The molecule has 0 amide bonds. The smallest absolute Gasteiger partial charge is 0.280 e. The van der Waals surface area contributed by atoms with E-state index in [1.54, 1.807) is 6.07 Å². The Balaban J connectivity index is 2.48. The fraction of sp³-hybridized carbons (Fsp3) is 0. The first kappa shape index (κ1) is 10.9. The monoisotopic (exact) mass is 228 g/mol. The number of carbonyl (C=O) groups is 1. The second-order valence-corrected chi connectivity index (χ2v) is 3.34. The summed E-state index contributed by atoms with van der Waals surface area (Å²) < 4.78 is 0. The molecule has 0 aliphatic heterocycles. The minimum atomic E-state index is -0.561. The number of ketones is 1. The zero-order chi connectivity index (χ0) is 12.3. The Morgan fingerprint density at radius 1 is 1.12 bits per heavy atom. The van der Waals surface area contributed by atoms with Crippen LogP contribution >= 0.6 is 0 Å². The lowest BCUT2D eigenvalue weighted by atomic mass is 10.0. The quantitative estimate of drug-likeness (QED) is 0.458. The molecule has 0 aliphatic rings. The molecule has 0 saturated carbocycles. The van der Waals surface area contributed by atoms with Crippen LogP contribution in [0.3, 0.4) is 0 Å². The van der Waals surface area contributed by atoms with Gasteiger partial charge in [-0.25, -0.2) is 0 Å². The highest BCUT2D eigenvalue weighted by atomic mass is 16.6. The van der Waals surface area contributed by atoms with Gasteiger partial charge in [-0.15, -0.1) is 0 Å². The summed E-state index contributed by atoms with van der Waals surface area (Å²) in [4.78, 5) is 26.1. The fourth-order valence-electron chi connectivity index (χ4n) is 1.48. The molecule has 0 aliphatic carbocycles. The number of hydrogen-bond donors (Lipinski definition) is 0. The van der Waals surface area contributed by atoms with E-state index in [1.807, 2.05) is 0 Å².